The molecule has 0 fully saturated rings. The highest BCUT2D eigenvalue weighted by molar-refractivity contribution is 5.34. The Hall–Kier alpha value is -1.29. The molecule has 1 aromatic heterocycles. The highest BCUT2D eigenvalue weighted by Crippen LogP contribution is 2.31. The van der Waals surface area contributed by atoms with Crippen LogP contribution in [-0.4, -0.2) is 22.9 Å². The van der Waals surface area contributed by atoms with Crippen molar-refractivity contribution in [1.29, 1.82) is 0 Å². The molecule has 2 rings (SSSR count). The maximum Gasteiger partial charge on any atom is 0.0876 e. The molecule has 1 unspecified atom stereocenters. The van der Waals surface area contributed by atoms with E-state index in [0.29, 0.717) is 0 Å². The summed E-state index contributed by atoms with van der Waals surface area (Å²) < 4.78 is 7.45. The molecule has 100 valence electrons. The molecule has 0 spiro atoms. The van der Waals surface area contributed by atoms with Gasteiger partial charge in [-0.15, -0.1) is 0 Å². The first kappa shape index (κ1) is 13.1. The van der Waals surface area contributed by atoms with Crippen LogP contribution in [-0.2, 0) is 11.8 Å². The van der Waals surface area contributed by atoms with E-state index in [9.17, 15) is 0 Å². The van der Waals surface area contributed by atoms with E-state index in [1.54, 1.807) is 0 Å². The SMILES string of the molecule is CCNC(C1=COCCC1)c1c(C)nn(C)c1C. The fraction of sp³-hybridized carbons (Fsp3) is 0.643. The molecular weight excluding hydrogens is 226 g/mol. The number of aromatic nitrogens is 2. The van der Waals surface area contributed by atoms with Gasteiger partial charge in [0.15, 0.2) is 0 Å². The summed E-state index contributed by atoms with van der Waals surface area (Å²) in [4.78, 5) is 0. The Kier molecular flexibility index (Phi) is 4.07. The van der Waals surface area contributed by atoms with Crippen molar-refractivity contribution in [2.24, 2.45) is 7.05 Å². The molecule has 4 nitrogen and oxygen atoms in total. The van der Waals surface area contributed by atoms with Crippen LogP contribution >= 0.6 is 0 Å². The van der Waals surface area contributed by atoms with Gasteiger partial charge in [-0.1, -0.05) is 6.92 Å². The maximum atomic E-state index is 5.49. The fourth-order valence-corrected chi connectivity index (χ4v) is 2.63. The first-order valence-electron chi connectivity index (χ1n) is 6.69. The van der Waals surface area contributed by atoms with E-state index in [0.717, 1.165) is 31.7 Å². The van der Waals surface area contributed by atoms with Crippen molar-refractivity contribution in [3.05, 3.63) is 28.8 Å². The summed E-state index contributed by atoms with van der Waals surface area (Å²) in [7, 11) is 2.00. The van der Waals surface area contributed by atoms with Crippen molar-refractivity contribution in [2.75, 3.05) is 13.2 Å². The van der Waals surface area contributed by atoms with E-state index < -0.39 is 0 Å². The van der Waals surface area contributed by atoms with Crippen LogP contribution in [0.2, 0.25) is 0 Å². The van der Waals surface area contributed by atoms with Gasteiger partial charge in [-0.25, -0.2) is 0 Å². The zero-order chi connectivity index (χ0) is 13.1. The van der Waals surface area contributed by atoms with E-state index in [1.807, 2.05) is 18.0 Å². The number of likely N-dealkylation sites (N-methyl/N-ethyl adjacent to an activating group) is 1. The summed E-state index contributed by atoms with van der Waals surface area (Å²) >= 11 is 0. The van der Waals surface area contributed by atoms with E-state index >= 15 is 0 Å². The monoisotopic (exact) mass is 249 g/mol. The molecule has 4 heteroatoms. The first-order valence-corrected chi connectivity index (χ1v) is 6.69. The maximum absolute atomic E-state index is 5.49. The third-order valence-electron chi connectivity index (χ3n) is 3.60. The summed E-state index contributed by atoms with van der Waals surface area (Å²) in [5.41, 5.74) is 4.97. The van der Waals surface area contributed by atoms with Gasteiger partial charge in [-0.3, -0.25) is 4.68 Å². The lowest BCUT2D eigenvalue weighted by Gasteiger charge is -2.24. The number of ether oxygens (including phenoxy) is 1. The van der Waals surface area contributed by atoms with Gasteiger partial charge in [-0.2, -0.15) is 5.10 Å². The third kappa shape index (κ3) is 2.43. The van der Waals surface area contributed by atoms with Gasteiger partial charge in [0.25, 0.3) is 0 Å². The molecule has 1 atom stereocenters. The molecule has 0 aromatic carbocycles. The lowest BCUT2D eigenvalue weighted by Crippen LogP contribution is -2.25. The van der Waals surface area contributed by atoms with Gasteiger partial charge in [0.2, 0.25) is 0 Å². The second kappa shape index (κ2) is 5.57. The second-order valence-corrected chi connectivity index (χ2v) is 4.87. The number of rotatable bonds is 4. The average Bonchev–Trinajstić information content (AvgIpc) is 2.62. The lowest BCUT2D eigenvalue weighted by molar-refractivity contribution is 0.219. The van der Waals surface area contributed by atoms with Crippen LogP contribution < -0.4 is 5.32 Å². The number of hydrogen-bond acceptors (Lipinski definition) is 3. The molecule has 0 amide bonds. The van der Waals surface area contributed by atoms with Crippen LogP contribution in [0.25, 0.3) is 0 Å². The van der Waals surface area contributed by atoms with E-state index in [-0.39, 0.29) is 6.04 Å². The van der Waals surface area contributed by atoms with Gasteiger partial charge in [-0.05, 0) is 38.8 Å². The number of nitrogens with zero attached hydrogens (tertiary/aromatic N) is 2. The van der Waals surface area contributed by atoms with Gasteiger partial charge >= 0.3 is 0 Å². The first-order chi connectivity index (χ1) is 8.65. The van der Waals surface area contributed by atoms with E-state index in [2.05, 4.69) is 31.2 Å². The van der Waals surface area contributed by atoms with Crippen molar-refractivity contribution >= 4 is 0 Å². The smallest absolute Gasteiger partial charge is 0.0876 e. The Morgan fingerprint density at radius 1 is 1.50 bits per heavy atom. The number of hydrogen-bond donors (Lipinski definition) is 1. The van der Waals surface area contributed by atoms with Crippen molar-refractivity contribution in [2.45, 2.75) is 39.7 Å². The molecule has 0 bridgehead atoms. The minimum atomic E-state index is 0.240. The standard InChI is InChI=1S/C14H23N3O/c1-5-15-14(12-7-6-8-18-9-12)13-10(2)16-17(4)11(13)3/h9,14-15H,5-8H2,1-4H3. The Morgan fingerprint density at radius 2 is 2.28 bits per heavy atom. The normalized spacial score (nSPS) is 17.2. The van der Waals surface area contributed by atoms with Crippen LogP contribution in [0.1, 0.15) is 42.8 Å². The molecule has 2 heterocycles. The van der Waals surface area contributed by atoms with Crippen LogP contribution in [0.15, 0.2) is 11.8 Å². The van der Waals surface area contributed by atoms with E-state index in [1.165, 1.54) is 16.8 Å². The Labute approximate surface area is 109 Å². The van der Waals surface area contributed by atoms with Crippen LogP contribution in [0, 0.1) is 13.8 Å². The minimum absolute atomic E-state index is 0.240. The van der Waals surface area contributed by atoms with Crippen LogP contribution in [0.3, 0.4) is 0 Å². The summed E-state index contributed by atoms with van der Waals surface area (Å²) in [5.74, 6) is 0. The topological polar surface area (TPSA) is 39.1 Å². The number of aryl methyl sites for hydroxylation is 2. The van der Waals surface area contributed by atoms with Crippen molar-refractivity contribution in [3.63, 3.8) is 0 Å². The van der Waals surface area contributed by atoms with Gasteiger partial charge < -0.3 is 10.1 Å². The molecule has 1 N–H and O–H groups in total. The minimum Gasteiger partial charge on any atom is -0.501 e. The molecule has 0 saturated heterocycles. The fourth-order valence-electron chi connectivity index (χ4n) is 2.63. The van der Waals surface area contributed by atoms with Crippen molar-refractivity contribution in [3.8, 4) is 0 Å². The predicted molar refractivity (Wildman–Crippen MR) is 72.4 cm³/mol. The molecule has 1 aromatic rings. The molecule has 0 radical (unpaired) electrons. The number of nitrogens with one attached hydrogen (secondary N) is 1. The van der Waals surface area contributed by atoms with Crippen molar-refractivity contribution < 1.29 is 4.74 Å². The molecule has 0 aliphatic carbocycles. The average molecular weight is 249 g/mol. The molecule has 1 aliphatic heterocycles. The third-order valence-corrected chi connectivity index (χ3v) is 3.60. The summed E-state index contributed by atoms with van der Waals surface area (Å²) in [6.45, 7) is 8.13. The molecular formula is C14H23N3O. The zero-order valence-corrected chi connectivity index (χ0v) is 11.8. The van der Waals surface area contributed by atoms with Gasteiger partial charge in [0, 0.05) is 18.3 Å². The second-order valence-electron chi connectivity index (χ2n) is 4.87. The Bertz CT molecular complexity index is 448. The largest absolute Gasteiger partial charge is 0.501 e. The molecule has 1 aliphatic rings. The van der Waals surface area contributed by atoms with E-state index in [4.69, 9.17) is 4.74 Å². The highest BCUT2D eigenvalue weighted by atomic mass is 16.5. The zero-order valence-electron chi connectivity index (χ0n) is 11.8. The van der Waals surface area contributed by atoms with Crippen molar-refractivity contribution in [1.82, 2.24) is 15.1 Å². The lowest BCUT2D eigenvalue weighted by atomic mass is 9.94. The molecule has 18 heavy (non-hydrogen) atoms. The summed E-state index contributed by atoms with van der Waals surface area (Å²) in [5, 5.41) is 8.08. The molecule has 0 saturated carbocycles. The summed E-state index contributed by atoms with van der Waals surface area (Å²) in [6, 6.07) is 0.240. The Balaban J connectivity index is 2.37. The van der Waals surface area contributed by atoms with Crippen LogP contribution in [0.5, 0.6) is 0 Å². The van der Waals surface area contributed by atoms with Gasteiger partial charge in [0.05, 0.1) is 24.6 Å². The van der Waals surface area contributed by atoms with Crippen LogP contribution in [0.4, 0.5) is 0 Å². The summed E-state index contributed by atoms with van der Waals surface area (Å²) in [6.07, 6.45) is 4.14. The quantitative estimate of drug-likeness (QED) is 0.890. The highest BCUT2D eigenvalue weighted by Gasteiger charge is 2.24. The Morgan fingerprint density at radius 3 is 2.78 bits per heavy atom. The van der Waals surface area contributed by atoms with Gasteiger partial charge in [0.1, 0.15) is 0 Å². The predicted octanol–water partition coefficient (Wildman–Crippen LogP) is 2.38.